The Kier molecular flexibility index (Phi) is 10.2. The van der Waals surface area contributed by atoms with E-state index in [1.807, 2.05) is 32.0 Å². The van der Waals surface area contributed by atoms with E-state index in [0.29, 0.717) is 12.1 Å². The van der Waals surface area contributed by atoms with E-state index in [4.69, 9.17) is 0 Å². The molecule has 0 bridgehead atoms. The van der Waals surface area contributed by atoms with E-state index in [1.165, 1.54) is 24.7 Å². The van der Waals surface area contributed by atoms with Crippen LogP contribution in [0.4, 0.5) is 0 Å². The maximum atomic E-state index is 11.7. The largest absolute Gasteiger partial charge is 0.507 e. The zero-order valence-corrected chi connectivity index (χ0v) is 16.7. The second-order valence-corrected chi connectivity index (χ2v) is 6.21. The Labute approximate surface area is 162 Å². The molecule has 0 aromatic heterocycles. The lowest BCUT2D eigenvalue weighted by atomic mass is 10.0. The molecule has 4 N–H and O–H groups in total. The fraction of sp³-hybridized carbons (Fsp3) is 0.409. The summed E-state index contributed by atoms with van der Waals surface area (Å²) in [6, 6.07) is 15.1. The third kappa shape index (κ3) is 7.41. The number of amides is 1. The van der Waals surface area contributed by atoms with Crippen LogP contribution in [-0.2, 0) is 6.42 Å². The molecular weight excluding hydrogens is 340 g/mol. The maximum absolute atomic E-state index is 11.7. The Hall–Kier alpha value is -2.37. The van der Waals surface area contributed by atoms with E-state index >= 15 is 0 Å². The molecule has 2 aromatic carbocycles. The van der Waals surface area contributed by atoms with Crippen molar-refractivity contribution in [2.45, 2.75) is 45.8 Å². The summed E-state index contributed by atoms with van der Waals surface area (Å²) in [6.45, 7) is 6.47. The van der Waals surface area contributed by atoms with E-state index in [2.05, 4.69) is 29.7 Å². The van der Waals surface area contributed by atoms with E-state index in [-0.39, 0.29) is 23.3 Å². The van der Waals surface area contributed by atoms with Crippen LogP contribution in [-0.4, -0.2) is 35.8 Å². The third-order valence-corrected chi connectivity index (χ3v) is 4.25. The van der Waals surface area contributed by atoms with Crippen LogP contribution in [0, 0.1) is 0 Å². The van der Waals surface area contributed by atoms with Gasteiger partial charge in [-0.05, 0) is 43.0 Å². The SMILES string of the molecule is CC.CNC(=O)c1cc(C(O)CNC(C)CCc2ccccc2)ccc1O. The van der Waals surface area contributed by atoms with E-state index in [0.717, 1.165) is 12.8 Å². The van der Waals surface area contributed by atoms with Crippen LogP contribution in [0.25, 0.3) is 0 Å². The summed E-state index contributed by atoms with van der Waals surface area (Å²) in [5.74, 6) is -0.477. The molecule has 2 atom stereocenters. The van der Waals surface area contributed by atoms with Gasteiger partial charge in [0.1, 0.15) is 5.75 Å². The molecule has 0 radical (unpaired) electrons. The van der Waals surface area contributed by atoms with Crippen LogP contribution in [0.2, 0.25) is 0 Å². The number of aliphatic hydroxyl groups excluding tert-OH is 1. The quantitative estimate of drug-likeness (QED) is 0.572. The number of phenols is 1. The minimum atomic E-state index is -0.747. The van der Waals surface area contributed by atoms with Gasteiger partial charge in [0.2, 0.25) is 0 Å². The van der Waals surface area contributed by atoms with Gasteiger partial charge in [0.15, 0.2) is 0 Å². The summed E-state index contributed by atoms with van der Waals surface area (Å²) in [5.41, 5.74) is 2.06. The van der Waals surface area contributed by atoms with Crippen molar-refractivity contribution < 1.29 is 15.0 Å². The van der Waals surface area contributed by atoms with Gasteiger partial charge in [-0.15, -0.1) is 0 Å². The summed E-state index contributed by atoms with van der Waals surface area (Å²) in [6.07, 6.45) is 1.20. The number of hydrogen-bond acceptors (Lipinski definition) is 4. The summed E-state index contributed by atoms with van der Waals surface area (Å²) >= 11 is 0. The number of aromatic hydroxyl groups is 1. The van der Waals surface area contributed by atoms with Crippen LogP contribution in [0.3, 0.4) is 0 Å². The molecular formula is C22H32N2O3. The predicted molar refractivity (Wildman–Crippen MR) is 110 cm³/mol. The van der Waals surface area contributed by atoms with Crippen LogP contribution in [0.5, 0.6) is 5.75 Å². The van der Waals surface area contributed by atoms with Crippen molar-refractivity contribution in [3.63, 3.8) is 0 Å². The average Bonchev–Trinajstić information content (AvgIpc) is 2.72. The summed E-state index contributed by atoms with van der Waals surface area (Å²) < 4.78 is 0. The van der Waals surface area contributed by atoms with Gasteiger partial charge in [0.25, 0.3) is 5.91 Å². The highest BCUT2D eigenvalue weighted by atomic mass is 16.3. The predicted octanol–water partition coefficient (Wildman–Crippen LogP) is 3.42. The monoisotopic (exact) mass is 372 g/mol. The first kappa shape index (κ1) is 22.7. The fourth-order valence-corrected chi connectivity index (χ4v) is 2.64. The molecule has 2 aromatic rings. The van der Waals surface area contributed by atoms with Crippen molar-refractivity contribution in [1.29, 1.82) is 0 Å². The molecule has 0 fully saturated rings. The minimum absolute atomic E-state index is 0.0977. The number of aliphatic hydroxyl groups is 1. The van der Waals surface area contributed by atoms with Crippen molar-refractivity contribution in [1.82, 2.24) is 10.6 Å². The molecule has 1 amide bonds. The van der Waals surface area contributed by atoms with Crippen LogP contribution in [0.15, 0.2) is 48.5 Å². The fourth-order valence-electron chi connectivity index (χ4n) is 2.64. The smallest absolute Gasteiger partial charge is 0.254 e. The van der Waals surface area contributed by atoms with Gasteiger partial charge in [0, 0.05) is 19.6 Å². The van der Waals surface area contributed by atoms with Gasteiger partial charge in [0.05, 0.1) is 11.7 Å². The van der Waals surface area contributed by atoms with Gasteiger partial charge >= 0.3 is 0 Å². The summed E-state index contributed by atoms with van der Waals surface area (Å²) in [7, 11) is 1.50. The van der Waals surface area contributed by atoms with Gasteiger partial charge in [-0.2, -0.15) is 0 Å². The van der Waals surface area contributed by atoms with Gasteiger partial charge < -0.3 is 20.8 Å². The van der Waals surface area contributed by atoms with E-state index in [1.54, 1.807) is 6.07 Å². The number of carbonyl (C=O) groups excluding carboxylic acids is 1. The van der Waals surface area contributed by atoms with Gasteiger partial charge in [-0.25, -0.2) is 0 Å². The number of phenolic OH excluding ortho intramolecular Hbond substituents is 1. The molecule has 0 saturated carbocycles. The van der Waals surface area contributed by atoms with E-state index < -0.39 is 6.10 Å². The zero-order valence-electron chi connectivity index (χ0n) is 16.7. The molecule has 0 aliphatic rings. The van der Waals surface area contributed by atoms with Crippen molar-refractivity contribution >= 4 is 5.91 Å². The normalized spacial score (nSPS) is 12.5. The molecule has 0 aliphatic carbocycles. The van der Waals surface area contributed by atoms with Crippen LogP contribution < -0.4 is 10.6 Å². The molecule has 2 unspecified atom stereocenters. The standard InChI is InChI=1S/C20H26N2O3.C2H6/c1-14(8-9-15-6-4-3-5-7-15)22-13-19(24)16-10-11-18(23)17(12-16)20(25)21-2;1-2/h3-7,10-12,14,19,22-24H,8-9,13H2,1-2H3,(H,21,25);1-2H3. The first-order valence-corrected chi connectivity index (χ1v) is 9.51. The molecule has 0 saturated heterocycles. The molecule has 27 heavy (non-hydrogen) atoms. The molecule has 2 rings (SSSR count). The summed E-state index contributed by atoms with van der Waals surface area (Å²) in [5, 5.41) is 25.9. The van der Waals surface area contributed by atoms with Crippen LogP contribution >= 0.6 is 0 Å². The Morgan fingerprint density at radius 1 is 1.11 bits per heavy atom. The number of hydrogen-bond donors (Lipinski definition) is 4. The Balaban J connectivity index is 0.00000176. The van der Waals surface area contributed by atoms with Crippen molar-refractivity contribution in [3.8, 4) is 5.75 Å². The lowest BCUT2D eigenvalue weighted by Crippen LogP contribution is -2.31. The van der Waals surface area contributed by atoms with Crippen LogP contribution in [0.1, 0.15) is 54.8 Å². The van der Waals surface area contributed by atoms with Gasteiger partial charge in [-0.1, -0.05) is 50.2 Å². The highest BCUT2D eigenvalue weighted by molar-refractivity contribution is 5.96. The van der Waals surface area contributed by atoms with E-state index in [9.17, 15) is 15.0 Å². The number of aryl methyl sites for hydroxylation is 1. The zero-order chi connectivity index (χ0) is 20.2. The second kappa shape index (κ2) is 12.1. The number of carbonyl (C=O) groups is 1. The first-order chi connectivity index (χ1) is 13.0. The minimum Gasteiger partial charge on any atom is -0.507 e. The molecule has 5 heteroatoms. The molecule has 148 valence electrons. The second-order valence-electron chi connectivity index (χ2n) is 6.21. The highest BCUT2D eigenvalue weighted by Gasteiger charge is 2.15. The first-order valence-electron chi connectivity index (χ1n) is 9.51. The lowest BCUT2D eigenvalue weighted by Gasteiger charge is -2.18. The Bertz CT molecular complexity index is 689. The molecule has 5 nitrogen and oxygen atoms in total. The van der Waals surface area contributed by atoms with Crippen molar-refractivity contribution in [2.24, 2.45) is 0 Å². The van der Waals surface area contributed by atoms with Crippen molar-refractivity contribution in [3.05, 3.63) is 65.2 Å². The number of rotatable bonds is 8. The molecule has 0 spiro atoms. The Morgan fingerprint density at radius 3 is 2.41 bits per heavy atom. The average molecular weight is 373 g/mol. The topological polar surface area (TPSA) is 81.6 Å². The number of nitrogens with one attached hydrogen (secondary N) is 2. The number of benzene rings is 2. The van der Waals surface area contributed by atoms with Crippen molar-refractivity contribution in [2.75, 3.05) is 13.6 Å². The molecule has 0 aliphatic heterocycles. The maximum Gasteiger partial charge on any atom is 0.254 e. The lowest BCUT2D eigenvalue weighted by molar-refractivity contribution is 0.0960. The molecule has 0 heterocycles. The van der Waals surface area contributed by atoms with Gasteiger partial charge in [-0.3, -0.25) is 4.79 Å². The highest BCUT2D eigenvalue weighted by Crippen LogP contribution is 2.22. The Morgan fingerprint density at radius 2 is 1.78 bits per heavy atom. The summed E-state index contributed by atoms with van der Waals surface area (Å²) in [4.78, 5) is 11.7. The third-order valence-electron chi connectivity index (χ3n) is 4.25.